The fourth-order valence-corrected chi connectivity index (χ4v) is 5.93. The molecular weight excluding hydrogens is 414 g/mol. The maximum absolute atomic E-state index is 13.4. The molecule has 1 saturated heterocycles. The second-order valence-electron chi connectivity index (χ2n) is 10.0. The molecule has 0 radical (unpaired) electrons. The van der Waals surface area contributed by atoms with Crippen molar-refractivity contribution in [1.82, 2.24) is 14.7 Å². The van der Waals surface area contributed by atoms with Gasteiger partial charge in [0.1, 0.15) is 0 Å². The number of likely N-dealkylation sites (tertiary alicyclic amines) is 1. The molecule has 2 unspecified atom stereocenters. The van der Waals surface area contributed by atoms with Crippen LogP contribution in [0.15, 0.2) is 30.5 Å². The summed E-state index contributed by atoms with van der Waals surface area (Å²) >= 11 is 0. The first-order chi connectivity index (χ1) is 16.2. The van der Waals surface area contributed by atoms with E-state index in [0.29, 0.717) is 31.0 Å². The summed E-state index contributed by atoms with van der Waals surface area (Å²) in [6, 6.07) is 8.94. The summed E-state index contributed by atoms with van der Waals surface area (Å²) in [5, 5.41) is 14.4. The molecule has 33 heavy (non-hydrogen) atoms. The molecule has 2 aliphatic carbocycles. The Bertz CT molecular complexity index is 967. The zero-order valence-corrected chi connectivity index (χ0v) is 19.8. The lowest BCUT2D eigenvalue weighted by molar-refractivity contribution is -0.138. The molecule has 2 saturated carbocycles. The van der Waals surface area contributed by atoms with Crippen LogP contribution in [0.3, 0.4) is 0 Å². The van der Waals surface area contributed by atoms with Gasteiger partial charge < -0.3 is 14.7 Å². The Balaban J connectivity index is 1.32. The Morgan fingerprint density at radius 1 is 1.15 bits per heavy atom. The van der Waals surface area contributed by atoms with E-state index in [1.165, 1.54) is 24.1 Å². The highest BCUT2D eigenvalue weighted by Crippen LogP contribution is 2.43. The molecular formula is C27H37N3O3. The van der Waals surface area contributed by atoms with Crippen molar-refractivity contribution in [3.63, 3.8) is 0 Å². The number of aliphatic hydroxyl groups excluding tert-OH is 1. The number of aliphatic hydroxyl groups is 1. The molecule has 1 aliphatic heterocycles. The predicted octanol–water partition coefficient (Wildman–Crippen LogP) is 4.54. The highest BCUT2D eigenvalue weighted by molar-refractivity contribution is 5.79. The zero-order chi connectivity index (χ0) is 22.8. The van der Waals surface area contributed by atoms with Crippen LogP contribution in [-0.2, 0) is 16.1 Å². The first kappa shape index (κ1) is 22.6. The third-order valence-corrected chi connectivity index (χ3v) is 7.80. The maximum Gasteiger partial charge on any atom is 0.226 e. The van der Waals surface area contributed by atoms with Gasteiger partial charge in [-0.2, -0.15) is 5.10 Å². The van der Waals surface area contributed by atoms with Crippen molar-refractivity contribution in [2.75, 3.05) is 19.8 Å². The van der Waals surface area contributed by atoms with Gasteiger partial charge in [-0.05, 0) is 75.5 Å². The van der Waals surface area contributed by atoms with Gasteiger partial charge in [0.2, 0.25) is 5.91 Å². The van der Waals surface area contributed by atoms with Crippen molar-refractivity contribution >= 4 is 5.91 Å². The fourth-order valence-electron chi connectivity index (χ4n) is 5.93. The van der Waals surface area contributed by atoms with Crippen LogP contribution in [0.25, 0.3) is 5.69 Å². The molecule has 1 aromatic carbocycles. The summed E-state index contributed by atoms with van der Waals surface area (Å²) < 4.78 is 7.68. The molecule has 1 amide bonds. The highest BCUT2D eigenvalue weighted by Gasteiger charge is 2.36. The molecule has 178 valence electrons. The molecule has 3 atom stereocenters. The second kappa shape index (κ2) is 9.98. The number of amides is 1. The number of hydrogen-bond donors (Lipinski definition) is 1. The summed E-state index contributed by atoms with van der Waals surface area (Å²) in [4.78, 5) is 15.5. The standard InChI is InChI=1S/C27H37N3O3/c1-2-33-18-25-10-5-13-29(25)27(32)22-8-3-6-20(14-22)21-7-4-9-24(15-21)30-26(19-11-12-19)23(17-31)16-28-30/h4,7,9,15-16,19-20,22,25,31H,2-3,5-6,8,10-14,17-18H2,1H3/t20?,22?,25-/m0/s1. The van der Waals surface area contributed by atoms with Crippen LogP contribution < -0.4 is 0 Å². The van der Waals surface area contributed by atoms with E-state index in [2.05, 4.69) is 34.3 Å². The van der Waals surface area contributed by atoms with Gasteiger partial charge in [0, 0.05) is 30.6 Å². The van der Waals surface area contributed by atoms with Gasteiger partial charge in [-0.3, -0.25) is 4.79 Å². The molecule has 3 fully saturated rings. The van der Waals surface area contributed by atoms with E-state index >= 15 is 0 Å². The van der Waals surface area contributed by atoms with E-state index < -0.39 is 0 Å². The van der Waals surface area contributed by atoms with Gasteiger partial charge in [-0.1, -0.05) is 18.6 Å². The van der Waals surface area contributed by atoms with Gasteiger partial charge in [0.05, 0.1) is 36.8 Å². The van der Waals surface area contributed by atoms with Gasteiger partial charge in [0.15, 0.2) is 0 Å². The van der Waals surface area contributed by atoms with E-state index in [1.54, 1.807) is 0 Å². The average Bonchev–Trinajstić information content (AvgIpc) is 3.43. The lowest BCUT2D eigenvalue weighted by atomic mass is 9.77. The van der Waals surface area contributed by atoms with Crippen molar-refractivity contribution < 1.29 is 14.6 Å². The number of aromatic nitrogens is 2. The Labute approximate surface area is 196 Å². The van der Waals surface area contributed by atoms with Crippen LogP contribution in [0, 0.1) is 5.92 Å². The van der Waals surface area contributed by atoms with Crippen LogP contribution >= 0.6 is 0 Å². The van der Waals surface area contributed by atoms with Gasteiger partial charge in [0.25, 0.3) is 0 Å². The Hall–Kier alpha value is -2.18. The van der Waals surface area contributed by atoms with E-state index in [0.717, 1.165) is 56.3 Å². The SMILES string of the molecule is CCOC[C@@H]1CCCN1C(=O)C1CCCC(c2cccc(-n3ncc(CO)c3C3CC3)c2)C1. The van der Waals surface area contributed by atoms with Crippen molar-refractivity contribution in [2.45, 2.75) is 82.8 Å². The predicted molar refractivity (Wildman–Crippen MR) is 127 cm³/mol. The molecule has 0 spiro atoms. The number of ether oxygens (including phenoxy) is 1. The quantitative estimate of drug-likeness (QED) is 0.640. The molecule has 6 nitrogen and oxygen atoms in total. The summed E-state index contributed by atoms with van der Waals surface area (Å²) in [6.45, 7) is 4.31. The van der Waals surface area contributed by atoms with E-state index in [9.17, 15) is 9.90 Å². The molecule has 1 aromatic heterocycles. The smallest absolute Gasteiger partial charge is 0.226 e. The molecule has 5 rings (SSSR count). The van der Waals surface area contributed by atoms with Crippen molar-refractivity contribution in [1.29, 1.82) is 0 Å². The largest absolute Gasteiger partial charge is 0.392 e. The zero-order valence-electron chi connectivity index (χ0n) is 19.8. The Morgan fingerprint density at radius 2 is 2.03 bits per heavy atom. The number of carbonyl (C=O) groups excluding carboxylic acids is 1. The van der Waals surface area contributed by atoms with Crippen molar-refractivity contribution in [3.05, 3.63) is 47.3 Å². The Kier molecular flexibility index (Phi) is 6.84. The van der Waals surface area contributed by atoms with E-state index in [4.69, 9.17) is 4.74 Å². The minimum atomic E-state index is 0.0404. The van der Waals surface area contributed by atoms with Crippen LogP contribution in [0.2, 0.25) is 0 Å². The minimum Gasteiger partial charge on any atom is -0.392 e. The maximum atomic E-state index is 13.4. The third-order valence-electron chi connectivity index (χ3n) is 7.80. The topological polar surface area (TPSA) is 67.6 Å². The third kappa shape index (κ3) is 4.73. The molecule has 6 heteroatoms. The van der Waals surface area contributed by atoms with Crippen molar-refractivity contribution in [2.24, 2.45) is 5.92 Å². The number of nitrogens with zero attached hydrogens (tertiary/aromatic N) is 3. The Morgan fingerprint density at radius 3 is 2.82 bits per heavy atom. The number of carbonyl (C=O) groups is 1. The lowest BCUT2D eigenvalue weighted by Gasteiger charge is -2.34. The minimum absolute atomic E-state index is 0.0404. The number of benzene rings is 1. The van der Waals surface area contributed by atoms with Crippen LogP contribution in [-0.4, -0.2) is 51.5 Å². The average molecular weight is 452 g/mol. The summed E-state index contributed by atoms with van der Waals surface area (Å²) in [5.41, 5.74) is 4.48. The molecule has 1 N–H and O–H groups in total. The van der Waals surface area contributed by atoms with Crippen LogP contribution in [0.5, 0.6) is 0 Å². The van der Waals surface area contributed by atoms with Gasteiger partial charge in [-0.15, -0.1) is 0 Å². The fraction of sp³-hybridized carbons (Fsp3) is 0.630. The molecule has 2 aromatic rings. The van der Waals surface area contributed by atoms with Gasteiger partial charge >= 0.3 is 0 Å². The normalized spacial score (nSPS) is 25.5. The first-order valence-electron chi connectivity index (χ1n) is 12.9. The van der Waals surface area contributed by atoms with Gasteiger partial charge in [-0.25, -0.2) is 4.68 Å². The molecule has 3 aliphatic rings. The van der Waals surface area contributed by atoms with Crippen LogP contribution in [0.4, 0.5) is 0 Å². The monoisotopic (exact) mass is 451 g/mol. The first-order valence-corrected chi connectivity index (χ1v) is 12.9. The highest BCUT2D eigenvalue weighted by atomic mass is 16.5. The number of hydrogen-bond acceptors (Lipinski definition) is 4. The molecule has 2 heterocycles. The van der Waals surface area contributed by atoms with Crippen LogP contribution in [0.1, 0.15) is 86.9 Å². The second-order valence-corrected chi connectivity index (χ2v) is 10.0. The number of rotatable bonds is 8. The summed E-state index contributed by atoms with van der Waals surface area (Å²) in [5.74, 6) is 1.37. The van der Waals surface area contributed by atoms with E-state index in [1.807, 2.05) is 17.8 Å². The van der Waals surface area contributed by atoms with E-state index in [-0.39, 0.29) is 18.6 Å². The summed E-state index contributed by atoms with van der Waals surface area (Å²) in [7, 11) is 0. The van der Waals surface area contributed by atoms with Crippen molar-refractivity contribution in [3.8, 4) is 5.69 Å². The molecule has 0 bridgehead atoms. The lowest BCUT2D eigenvalue weighted by Crippen LogP contribution is -2.42. The summed E-state index contributed by atoms with van der Waals surface area (Å²) in [6.07, 6.45) is 10.5.